The first-order valence-corrected chi connectivity index (χ1v) is 7.12. The van der Waals surface area contributed by atoms with E-state index in [1.165, 1.54) is 25.7 Å². The number of alkyl halides is 1. The lowest BCUT2D eigenvalue weighted by atomic mass is 9.89. The normalized spacial score (nSPS) is 17.9. The van der Waals surface area contributed by atoms with E-state index >= 15 is 0 Å². The number of nitrogens with one attached hydrogen (secondary N) is 1. The molecule has 1 aliphatic carbocycles. The number of amides is 1. The largest absolute Gasteiger partial charge is 0.351 e. The smallest absolute Gasteiger partial charge is 0.252 e. The molecular formula is C13H17BrN2O. The van der Waals surface area contributed by atoms with Gasteiger partial charge in [-0.15, -0.1) is 0 Å². The minimum Gasteiger partial charge on any atom is -0.351 e. The summed E-state index contributed by atoms with van der Waals surface area (Å²) in [6.07, 6.45) is 8.22. The Hall–Kier alpha value is -0.900. The predicted octanol–water partition coefficient (Wildman–Crippen LogP) is 2.77. The highest BCUT2D eigenvalue weighted by atomic mass is 79.9. The Morgan fingerprint density at radius 1 is 1.47 bits per heavy atom. The standard InChI is InChI=1S/C13H17BrN2O/c14-9-13(5-1-2-6-13)10-16-12(17)11-4-3-7-15-8-11/h3-4,7-8H,1-2,5-6,9-10H2,(H,16,17). The SMILES string of the molecule is O=C(NCC1(CBr)CCCC1)c1cccnc1. The molecule has 92 valence electrons. The van der Waals surface area contributed by atoms with Crippen LogP contribution >= 0.6 is 15.9 Å². The highest BCUT2D eigenvalue weighted by Crippen LogP contribution is 2.38. The molecule has 1 amide bonds. The van der Waals surface area contributed by atoms with Crippen LogP contribution in [0.4, 0.5) is 0 Å². The molecule has 0 atom stereocenters. The van der Waals surface area contributed by atoms with Crippen molar-refractivity contribution in [1.82, 2.24) is 10.3 Å². The second-order valence-corrected chi connectivity index (χ2v) is 5.33. The molecule has 1 fully saturated rings. The predicted molar refractivity (Wildman–Crippen MR) is 71.3 cm³/mol. The summed E-state index contributed by atoms with van der Waals surface area (Å²) in [5, 5.41) is 3.99. The van der Waals surface area contributed by atoms with Gasteiger partial charge in [-0.25, -0.2) is 0 Å². The zero-order chi connectivity index (χ0) is 12.1. The third kappa shape index (κ3) is 3.06. The van der Waals surface area contributed by atoms with Gasteiger partial charge in [-0.3, -0.25) is 9.78 Å². The van der Waals surface area contributed by atoms with Crippen LogP contribution in [0.1, 0.15) is 36.0 Å². The Balaban J connectivity index is 1.92. The third-order valence-electron chi connectivity index (χ3n) is 3.50. The van der Waals surface area contributed by atoms with E-state index in [0.717, 1.165) is 11.9 Å². The van der Waals surface area contributed by atoms with E-state index in [1.54, 1.807) is 24.5 Å². The number of rotatable bonds is 4. The molecule has 0 aromatic carbocycles. The van der Waals surface area contributed by atoms with Crippen molar-refractivity contribution >= 4 is 21.8 Å². The fourth-order valence-corrected chi connectivity index (χ4v) is 3.11. The molecule has 1 aromatic heterocycles. The molecule has 4 heteroatoms. The van der Waals surface area contributed by atoms with Crippen molar-refractivity contribution in [2.45, 2.75) is 25.7 Å². The van der Waals surface area contributed by atoms with Gasteiger partial charge in [0.25, 0.3) is 5.91 Å². The molecule has 0 radical (unpaired) electrons. The number of carbonyl (C=O) groups excluding carboxylic acids is 1. The van der Waals surface area contributed by atoms with Crippen LogP contribution in [0, 0.1) is 5.41 Å². The first-order valence-electron chi connectivity index (χ1n) is 6.00. The van der Waals surface area contributed by atoms with Crippen molar-refractivity contribution in [2.75, 3.05) is 11.9 Å². The fourth-order valence-electron chi connectivity index (χ4n) is 2.35. The van der Waals surface area contributed by atoms with Crippen molar-refractivity contribution in [2.24, 2.45) is 5.41 Å². The number of aromatic nitrogens is 1. The molecule has 1 saturated carbocycles. The Labute approximate surface area is 110 Å². The summed E-state index contributed by atoms with van der Waals surface area (Å²) in [5.41, 5.74) is 0.896. The first-order chi connectivity index (χ1) is 8.26. The van der Waals surface area contributed by atoms with Crippen LogP contribution in [-0.2, 0) is 0 Å². The molecule has 0 aliphatic heterocycles. The lowest BCUT2D eigenvalue weighted by Gasteiger charge is -2.26. The van der Waals surface area contributed by atoms with Crippen LogP contribution in [0.3, 0.4) is 0 Å². The summed E-state index contributed by atoms with van der Waals surface area (Å²) in [6.45, 7) is 0.756. The number of hydrogen-bond acceptors (Lipinski definition) is 2. The Morgan fingerprint density at radius 3 is 2.82 bits per heavy atom. The molecule has 2 rings (SSSR count). The summed E-state index contributed by atoms with van der Waals surface area (Å²) in [5.74, 6) is -0.0228. The minimum absolute atomic E-state index is 0.0228. The van der Waals surface area contributed by atoms with E-state index in [-0.39, 0.29) is 11.3 Å². The van der Waals surface area contributed by atoms with E-state index in [0.29, 0.717) is 5.56 Å². The maximum absolute atomic E-state index is 11.9. The molecular weight excluding hydrogens is 280 g/mol. The van der Waals surface area contributed by atoms with Gasteiger partial charge in [0.2, 0.25) is 0 Å². The third-order valence-corrected chi connectivity index (χ3v) is 4.68. The van der Waals surface area contributed by atoms with Gasteiger partial charge in [-0.2, -0.15) is 0 Å². The molecule has 1 aromatic rings. The second kappa shape index (κ2) is 5.63. The number of hydrogen-bond donors (Lipinski definition) is 1. The molecule has 1 N–H and O–H groups in total. The summed E-state index contributed by atoms with van der Waals surface area (Å²) >= 11 is 3.58. The van der Waals surface area contributed by atoms with Crippen molar-refractivity contribution in [3.63, 3.8) is 0 Å². The summed E-state index contributed by atoms with van der Waals surface area (Å²) in [7, 11) is 0. The maximum Gasteiger partial charge on any atom is 0.252 e. The van der Waals surface area contributed by atoms with Gasteiger partial charge < -0.3 is 5.32 Å². The van der Waals surface area contributed by atoms with E-state index in [2.05, 4.69) is 26.2 Å². The van der Waals surface area contributed by atoms with Gasteiger partial charge in [0.05, 0.1) is 5.56 Å². The zero-order valence-corrected chi connectivity index (χ0v) is 11.4. The molecule has 3 nitrogen and oxygen atoms in total. The molecule has 17 heavy (non-hydrogen) atoms. The topological polar surface area (TPSA) is 42.0 Å². The Kier molecular flexibility index (Phi) is 4.15. The Bertz CT molecular complexity index is 374. The average Bonchev–Trinajstić information content (AvgIpc) is 2.86. The van der Waals surface area contributed by atoms with E-state index in [1.807, 2.05) is 0 Å². The van der Waals surface area contributed by atoms with Crippen molar-refractivity contribution < 1.29 is 4.79 Å². The van der Waals surface area contributed by atoms with Crippen LogP contribution in [0.2, 0.25) is 0 Å². The van der Waals surface area contributed by atoms with Crippen molar-refractivity contribution in [3.05, 3.63) is 30.1 Å². The van der Waals surface area contributed by atoms with Crippen LogP contribution < -0.4 is 5.32 Å². The van der Waals surface area contributed by atoms with Gasteiger partial charge in [0.15, 0.2) is 0 Å². The number of carbonyl (C=O) groups is 1. The summed E-state index contributed by atoms with van der Waals surface area (Å²) in [4.78, 5) is 15.8. The Morgan fingerprint density at radius 2 is 2.24 bits per heavy atom. The van der Waals surface area contributed by atoms with Crippen LogP contribution in [0.15, 0.2) is 24.5 Å². The van der Waals surface area contributed by atoms with E-state index in [4.69, 9.17) is 0 Å². The molecule has 0 bridgehead atoms. The monoisotopic (exact) mass is 296 g/mol. The van der Waals surface area contributed by atoms with Crippen molar-refractivity contribution in [1.29, 1.82) is 0 Å². The minimum atomic E-state index is -0.0228. The first kappa shape index (κ1) is 12.6. The number of nitrogens with zero attached hydrogens (tertiary/aromatic N) is 1. The lowest BCUT2D eigenvalue weighted by molar-refractivity contribution is 0.0935. The molecule has 1 heterocycles. The van der Waals surface area contributed by atoms with Gasteiger partial charge >= 0.3 is 0 Å². The van der Waals surface area contributed by atoms with Gasteiger partial charge in [-0.1, -0.05) is 28.8 Å². The van der Waals surface area contributed by atoms with Crippen LogP contribution in [0.5, 0.6) is 0 Å². The maximum atomic E-state index is 11.9. The summed E-state index contributed by atoms with van der Waals surface area (Å²) < 4.78 is 0. The van der Waals surface area contributed by atoms with Gasteiger partial charge in [0, 0.05) is 24.3 Å². The summed E-state index contributed by atoms with van der Waals surface area (Å²) in [6, 6.07) is 3.57. The average molecular weight is 297 g/mol. The zero-order valence-electron chi connectivity index (χ0n) is 9.79. The number of pyridine rings is 1. The molecule has 0 spiro atoms. The van der Waals surface area contributed by atoms with Crippen molar-refractivity contribution in [3.8, 4) is 0 Å². The van der Waals surface area contributed by atoms with E-state index in [9.17, 15) is 4.79 Å². The quantitative estimate of drug-likeness (QED) is 0.868. The highest BCUT2D eigenvalue weighted by molar-refractivity contribution is 9.09. The molecule has 0 unspecified atom stereocenters. The van der Waals surface area contributed by atoms with Gasteiger partial charge in [0.1, 0.15) is 0 Å². The van der Waals surface area contributed by atoms with Crippen LogP contribution in [-0.4, -0.2) is 22.8 Å². The lowest BCUT2D eigenvalue weighted by Crippen LogP contribution is -2.37. The van der Waals surface area contributed by atoms with E-state index < -0.39 is 0 Å². The fraction of sp³-hybridized carbons (Fsp3) is 0.538. The van der Waals surface area contributed by atoms with Gasteiger partial charge in [-0.05, 0) is 30.4 Å². The second-order valence-electron chi connectivity index (χ2n) is 4.77. The molecule has 0 saturated heterocycles. The highest BCUT2D eigenvalue weighted by Gasteiger charge is 2.32. The number of halogens is 1. The van der Waals surface area contributed by atoms with Crippen LogP contribution in [0.25, 0.3) is 0 Å². The molecule has 1 aliphatic rings.